The van der Waals surface area contributed by atoms with E-state index in [9.17, 15) is 9.59 Å². The van der Waals surface area contributed by atoms with E-state index >= 15 is 0 Å². The van der Waals surface area contributed by atoms with Gasteiger partial charge in [0.15, 0.2) is 11.4 Å². The van der Waals surface area contributed by atoms with Gasteiger partial charge < -0.3 is 31.4 Å². The first-order valence-corrected chi connectivity index (χ1v) is 17.5. The van der Waals surface area contributed by atoms with Crippen molar-refractivity contribution in [3.63, 3.8) is 0 Å². The van der Waals surface area contributed by atoms with Gasteiger partial charge in [-0.1, -0.05) is 60.7 Å². The van der Waals surface area contributed by atoms with Gasteiger partial charge in [0.05, 0.1) is 18.7 Å². The topological polar surface area (TPSA) is 151 Å². The number of carbonyl (C=O) groups excluding carboxylic acids is 1. The molecule has 10 heteroatoms. The second kappa shape index (κ2) is 15.5. The molecule has 0 unspecified atom stereocenters. The number of hydrogen-bond acceptors (Lipinski definition) is 4. The van der Waals surface area contributed by atoms with Gasteiger partial charge in [-0.05, 0) is 106 Å². The zero-order chi connectivity index (χ0) is 39.3. The molecule has 10 nitrogen and oxygen atoms in total. The molecule has 0 atom stereocenters. The first-order chi connectivity index (χ1) is 27.1. The van der Waals surface area contributed by atoms with Gasteiger partial charge in [0.1, 0.15) is 0 Å². The van der Waals surface area contributed by atoms with Gasteiger partial charge in [0.2, 0.25) is 5.91 Å². The SMILES string of the molecule is [C-]#[N+]c1ccc2c(c1)c(-c1cccc(N)c1)cn2Cc1ccc(C(=O)O)cc1.[C-]#[N+]c1ccc2c(c1)c(-c1cccc(N)c1)cn2Cc1ccc(C(N)=O)cc1. The quantitative estimate of drug-likeness (QED) is 0.0906. The van der Waals surface area contributed by atoms with Crippen LogP contribution in [-0.2, 0) is 13.1 Å². The Morgan fingerprint density at radius 2 is 1.00 bits per heavy atom. The molecule has 0 aliphatic carbocycles. The third kappa shape index (κ3) is 7.67. The predicted octanol–water partition coefficient (Wildman–Crippen LogP) is 9.78. The van der Waals surface area contributed by atoms with Gasteiger partial charge in [0.25, 0.3) is 0 Å². The van der Waals surface area contributed by atoms with Crippen LogP contribution in [0, 0.1) is 13.1 Å². The van der Waals surface area contributed by atoms with Gasteiger partial charge in [-0.2, -0.15) is 0 Å². The second-order valence-corrected chi connectivity index (χ2v) is 13.3. The van der Waals surface area contributed by atoms with Crippen molar-refractivity contribution in [2.75, 3.05) is 11.5 Å². The van der Waals surface area contributed by atoms with E-state index < -0.39 is 11.9 Å². The second-order valence-electron chi connectivity index (χ2n) is 13.3. The van der Waals surface area contributed by atoms with Gasteiger partial charge in [-0.25, -0.2) is 14.5 Å². The zero-order valence-corrected chi connectivity index (χ0v) is 30.1. The number of primary amides is 1. The number of fused-ring (bicyclic) bond motifs is 2. The number of amides is 1. The maximum atomic E-state index is 11.3. The lowest BCUT2D eigenvalue weighted by molar-refractivity contribution is 0.0696. The highest BCUT2D eigenvalue weighted by Crippen LogP contribution is 2.36. The van der Waals surface area contributed by atoms with Crippen LogP contribution in [0.1, 0.15) is 31.8 Å². The van der Waals surface area contributed by atoms with Gasteiger partial charge in [-0.3, -0.25) is 4.79 Å². The molecule has 56 heavy (non-hydrogen) atoms. The fourth-order valence-corrected chi connectivity index (χ4v) is 6.76. The van der Waals surface area contributed by atoms with Crippen LogP contribution in [0.4, 0.5) is 22.7 Å². The third-order valence-corrected chi connectivity index (χ3v) is 9.53. The molecule has 7 N–H and O–H groups in total. The normalized spacial score (nSPS) is 10.7. The summed E-state index contributed by atoms with van der Waals surface area (Å²) in [6.07, 6.45) is 4.13. The minimum Gasteiger partial charge on any atom is -0.478 e. The third-order valence-electron chi connectivity index (χ3n) is 9.53. The molecule has 8 aromatic rings. The van der Waals surface area contributed by atoms with E-state index in [1.54, 1.807) is 24.3 Å². The highest BCUT2D eigenvalue weighted by atomic mass is 16.4. The summed E-state index contributed by atoms with van der Waals surface area (Å²) in [4.78, 5) is 29.4. The summed E-state index contributed by atoms with van der Waals surface area (Å²) in [6, 6.07) is 40.9. The monoisotopic (exact) mass is 733 g/mol. The number of rotatable bonds is 8. The summed E-state index contributed by atoms with van der Waals surface area (Å²) in [5.41, 5.74) is 28.7. The molecule has 0 spiro atoms. The number of hydrogen-bond donors (Lipinski definition) is 4. The molecule has 0 radical (unpaired) electrons. The Morgan fingerprint density at radius 3 is 1.38 bits per heavy atom. The zero-order valence-electron chi connectivity index (χ0n) is 30.1. The largest absolute Gasteiger partial charge is 0.478 e. The fourth-order valence-electron chi connectivity index (χ4n) is 6.76. The Balaban J connectivity index is 0.000000172. The van der Waals surface area contributed by atoms with Crippen molar-refractivity contribution in [1.82, 2.24) is 9.13 Å². The molecule has 1 amide bonds. The van der Waals surface area contributed by atoms with Crippen molar-refractivity contribution in [1.29, 1.82) is 0 Å². The number of aromatic nitrogens is 2. The van der Waals surface area contributed by atoms with Crippen LogP contribution in [-0.4, -0.2) is 26.1 Å². The van der Waals surface area contributed by atoms with Gasteiger partial charge >= 0.3 is 5.97 Å². The average Bonchev–Trinajstić information content (AvgIpc) is 3.75. The molecule has 0 bridgehead atoms. The van der Waals surface area contributed by atoms with E-state index in [1.165, 1.54) is 0 Å². The maximum absolute atomic E-state index is 11.3. The Morgan fingerprint density at radius 1 is 0.571 bits per heavy atom. The number of nitrogen functional groups attached to an aromatic ring is 2. The van der Waals surface area contributed by atoms with Crippen LogP contribution in [0.15, 0.2) is 146 Å². The number of carbonyl (C=O) groups is 2. The molecular formula is C46H35N7O3. The summed E-state index contributed by atoms with van der Waals surface area (Å²) in [5.74, 6) is -1.37. The summed E-state index contributed by atoms with van der Waals surface area (Å²) in [5, 5.41) is 11.1. The lowest BCUT2D eigenvalue weighted by atomic mass is 10.0. The Labute approximate surface area is 322 Å². The lowest BCUT2D eigenvalue weighted by Gasteiger charge is -2.06. The number of carboxylic acid groups (broad SMARTS) is 1. The highest BCUT2D eigenvalue weighted by molar-refractivity contribution is 5.99. The van der Waals surface area contributed by atoms with E-state index in [2.05, 4.69) is 31.2 Å². The van der Waals surface area contributed by atoms with E-state index in [4.69, 9.17) is 35.5 Å². The maximum Gasteiger partial charge on any atom is 0.335 e. The Hall–Kier alpha value is -8.08. The van der Waals surface area contributed by atoms with Gasteiger partial charge in [0, 0.05) is 64.6 Å². The van der Waals surface area contributed by atoms with E-state index in [0.29, 0.717) is 41.4 Å². The molecule has 2 aromatic heterocycles. The molecule has 0 aliphatic rings. The molecular weight excluding hydrogens is 699 g/mol. The van der Waals surface area contributed by atoms with Crippen LogP contribution in [0.5, 0.6) is 0 Å². The molecule has 8 rings (SSSR count). The van der Waals surface area contributed by atoms with Crippen molar-refractivity contribution in [2.45, 2.75) is 13.1 Å². The van der Waals surface area contributed by atoms with E-state index in [0.717, 1.165) is 55.2 Å². The summed E-state index contributed by atoms with van der Waals surface area (Å²) >= 11 is 0. The molecule has 272 valence electrons. The molecule has 0 saturated heterocycles. The van der Waals surface area contributed by atoms with E-state index in [-0.39, 0.29) is 5.56 Å². The van der Waals surface area contributed by atoms with Crippen LogP contribution >= 0.6 is 0 Å². The fraction of sp³-hybridized carbons (Fsp3) is 0.0435. The van der Waals surface area contributed by atoms with Crippen LogP contribution < -0.4 is 17.2 Å². The van der Waals surface area contributed by atoms with E-state index in [1.807, 2.05) is 109 Å². The van der Waals surface area contributed by atoms with Crippen molar-refractivity contribution >= 4 is 56.4 Å². The number of aromatic carboxylic acids is 1. The van der Waals surface area contributed by atoms with Crippen molar-refractivity contribution in [2.24, 2.45) is 5.73 Å². The standard InChI is InChI=1S/C23H18N4O.C23H17N3O2/c1-26-19-9-10-22-20(12-19)21(17-3-2-4-18(24)11-17)14-27(22)13-15-5-7-16(8-6-15)23(25)28;1-25-19-9-10-22-20(12-19)21(17-3-2-4-18(24)11-17)14-26(22)13-15-5-7-16(8-6-15)23(27)28/h2-12,14H,13,24H2,(H2,25,28);2-12,14H,13,24H2,(H,27,28). The molecule has 0 saturated carbocycles. The van der Waals surface area contributed by atoms with Crippen molar-refractivity contribution in [3.8, 4) is 22.3 Å². The van der Waals surface area contributed by atoms with Crippen LogP contribution in [0.2, 0.25) is 0 Å². The minimum absolute atomic E-state index is 0.267. The molecule has 6 aromatic carbocycles. The van der Waals surface area contributed by atoms with Crippen molar-refractivity contribution < 1.29 is 14.7 Å². The first-order valence-electron chi connectivity index (χ1n) is 17.5. The lowest BCUT2D eigenvalue weighted by Crippen LogP contribution is -2.10. The molecule has 0 fully saturated rings. The average molecular weight is 734 g/mol. The first kappa shape index (κ1) is 36.3. The number of anilines is 2. The Bertz CT molecular complexity index is 2660. The number of benzene rings is 6. The predicted molar refractivity (Wildman–Crippen MR) is 223 cm³/mol. The summed E-state index contributed by atoms with van der Waals surface area (Å²) in [7, 11) is 0. The van der Waals surface area contributed by atoms with Gasteiger partial charge in [-0.15, -0.1) is 0 Å². The minimum atomic E-state index is -0.936. The summed E-state index contributed by atoms with van der Waals surface area (Å²) < 4.78 is 4.25. The van der Waals surface area contributed by atoms with Crippen molar-refractivity contribution in [3.05, 3.63) is 191 Å². The highest BCUT2D eigenvalue weighted by Gasteiger charge is 2.14. The number of nitrogens with zero attached hydrogens (tertiary/aromatic N) is 4. The smallest absolute Gasteiger partial charge is 0.335 e. The van der Waals surface area contributed by atoms with Crippen LogP contribution in [0.25, 0.3) is 53.7 Å². The number of carboxylic acids is 1. The molecule has 2 heterocycles. The molecule has 0 aliphatic heterocycles. The van der Waals surface area contributed by atoms with Crippen LogP contribution in [0.3, 0.4) is 0 Å². The number of nitrogens with two attached hydrogens (primary N) is 3. The summed E-state index contributed by atoms with van der Waals surface area (Å²) in [6.45, 7) is 15.9. The Kier molecular flexibility index (Phi) is 10.0.